The van der Waals surface area contributed by atoms with Crippen LogP contribution in [0.25, 0.3) is 0 Å². The molecule has 1 saturated heterocycles. The first-order chi connectivity index (χ1) is 10.2. The maximum absolute atomic E-state index is 11.6. The molecule has 0 spiro atoms. The van der Waals surface area contributed by atoms with Gasteiger partial charge in [-0.25, -0.2) is 9.78 Å². The number of aromatic nitrogens is 1. The van der Waals surface area contributed by atoms with Gasteiger partial charge in [-0.15, -0.1) is 0 Å². The summed E-state index contributed by atoms with van der Waals surface area (Å²) >= 11 is 0. The molecule has 0 N–H and O–H groups in total. The molecule has 0 aromatic carbocycles. The highest BCUT2D eigenvalue weighted by molar-refractivity contribution is 5.89. The molecule has 0 radical (unpaired) electrons. The number of ether oxygens (including phenoxy) is 1. The summed E-state index contributed by atoms with van der Waals surface area (Å²) in [6.45, 7) is 7.41. The summed E-state index contributed by atoms with van der Waals surface area (Å²) < 4.78 is 4.94. The number of carbonyl (C=O) groups is 1. The Morgan fingerprint density at radius 3 is 2.67 bits per heavy atom. The van der Waals surface area contributed by atoms with Crippen molar-refractivity contribution in [1.29, 1.82) is 5.26 Å². The molecule has 112 valence electrons. The second-order valence-electron chi connectivity index (χ2n) is 4.95. The Balaban J connectivity index is 1.95. The molecule has 1 atom stereocenters. The predicted octanol–water partition coefficient (Wildman–Crippen LogP) is 1.29. The summed E-state index contributed by atoms with van der Waals surface area (Å²) in [6, 6.07) is 5.80. The molecule has 1 aromatic heterocycles. The van der Waals surface area contributed by atoms with Crippen LogP contribution in [0.4, 0.5) is 5.82 Å². The van der Waals surface area contributed by atoms with Gasteiger partial charge in [0.15, 0.2) is 0 Å². The number of carbonyl (C=O) groups excluding carboxylic acids is 1. The minimum Gasteiger partial charge on any atom is -0.462 e. The van der Waals surface area contributed by atoms with Crippen molar-refractivity contribution in [2.45, 2.75) is 19.9 Å². The standard InChI is InChI=1S/C15H20N4O2/c1-3-21-15(20)13-4-5-14(17-11-13)19-8-6-18(7-9-19)12(2)10-16/h4-5,11-12H,3,6-9H2,1-2H3. The molecule has 2 heterocycles. The van der Waals surface area contributed by atoms with E-state index in [1.807, 2.05) is 13.0 Å². The molecule has 6 nitrogen and oxygen atoms in total. The van der Waals surface area contributed by atoms with Gasteiger partial charge in [-0.3, -0.25) is 4.90 Å². The van der Waals surface area contributed by atoms with E-state index >= 15 is 0 Å². The Kier molecular flexibility index (Phi) is 5.12. The van der Waals surface area contributed by atoms with Gasteiger partial charge in [-0.1, -0.05) is 0 Å². The molecular formula is C15H20N4O2. The van der Waals surface area contributed by atoms with E-state index in [1.165, 1.54) is 0 Å². The van der Waals surface area contributed by atoms with Gasteiger partial charge in [0, 0.05) is 32.4 Å². The highest BCUT2D eigenvalue weighted by atomic mass is 16.5. The zero-order chi connectivity index (χ0) is 15.2. The fourth-order valence-corrected chi connectivity index (χ4v) is 2.33. The van der Waals surface area contributed by atoms with Gasteiger partial charge in [0.05, 0.1) is 24.3 Å². The molecule has 6 heteroatoms. The summed E-state index contributed by atoms with van der Waals surface area (Å²) in [5.74, 6) is 0.511. The number of hydrogen-bond donors (Lipinski definition) is 0. The summed E-state index contributed by atoms with van der Waals surface area (Å²) in [6.07, 6.45) is 1.55. The number of nitrogens with zero attached hydrogens (tertiary/aromatic N) is 4. The van der Waals surface area contributed by atoms with Crippen molar-refractivity contribution in [2.24, 2.45) is 0 Å². The van der Waals surface area contributed by atoms with E-state index in [0.717, 1.165) is 32.0 Å². The molecule has 0 saturated carbocycles. The van der Waals surface area contributed by atoms with Crippen LogP contribution < -0.4 is 4.90 Å². The summed E-state index contributed by atoms with van der Waals surface area (Å²) in [5, 5.41) is 8.93. The third kappa shape index (κ3) is 3.70. The number of nitriles is 1. The SMILES string of the molecule is CCOC(=O)c1ccc(N2CCN(C(C)C#N)CC2)nc1. The molecule has 21 heavy (non-hydrogen) atoms. The summed E-state index contributed by atoms with van der Waals surface area (Å²) in [5.41, 5.74) is 0.470. The van der Waals surface area contributed by atoms with Gasteiger partial charge in [0.1, 0.15) is 5.82 Å². The number of rotatable bonds is 4. The first-order valence-corrected chi connectivity index (χ1v) is 7.17. The van der Waals surface area contributed by atoms with Gasteiger partial charge >= 0.3 is 5.97 Å². The van der Waals surface area contributed by atoms with Crippen LogP contribution in [0.15, 0.2) is 18.3 Å². The van der Waals surface area contributed by atoms with Gasteiger partial charge < -0.3 is 9.64 Å². The fourth-order valence-electron chi connectivity index (χ4n) is 2.33. The van der Waals surface area contributed by atoms with Crippen LogP contribution in [-0.2, 0) is 4.74 Å². The predicted molar refractivity (Wildman–Crippen MR) is 79.1 cm³/mol. The minimum atomic E-state index is -0.343. The van der Waals surface area contributed by atoms with Crippen molar-refractivity contribution in [1.82, 2.24) is 9.88 Å². The van der Waals surface area contributed by atoms with Crippen molar-refractivity contribution in [3.8, 4) is 6.07 Å². The van der Waals surface area contributed by atoms with Gasteiger partial charge in [-0.2, -0.15) is 5.26 Å². The van der Waals surface area contributed by atoms with Crippen LogP contribution in [0.1, 0.15) is 24.2 Å². The van der Waals surface area contributed by atoms with E-state index < -0.39 is 0 Å². The average molecular weight is 288 g/mol. The fraction of sp³-hybridized carbons (Fsp3) is 0.533. The second kappa shape index (κ2) is 7.04. The highest BCUT2D eigenvalue weighted by Gasteiger charge is 2.21. The van der Waals surface area contributed by atoms with E-state index in [4.69, 9.17) is 10.00 Å². The van der Waals surface area contributed by atoms with E-state index in [9.17, 15) is 4.79 Å². The lowest BCUT2D eigenvalue weighted by atomic mass is 10.2. The van der Waals surface area contributed by atoms with Crippen LogP contribution in [-0.4, -0.2) is 54.7 Å². The van der Waals surface area contributed by atoms with Crippen LogP contribution in [0.3, 0.4) is 0 Å². The molecule has 1 aromatic rings. The third-order valence-electron chi connectivity index (χ3n) is 3.63. The van der Waals surface area contributed by atoms with Crippen LogP contribution >= 0.6 is 0 Å². The normalized spacial score (nSPS) is 17.1. The first-order valence-electron chi connectivity index (χ1n) is 7.17. The monoisotopic (exact) mass is 288 g/mol. The largest absolute Gasteiger partial charge is 0.462 e. The van der Waals surface area contributed by atoms with Gasteiger partial charge in [0.25, 0.3) is 0 Å². The molecular weight excluding hydrogens is 268 g/mol. The number of anilines is 1. The smallest absolute Gasteiger partial charge is 0.339 e. The Hall–Kier alpha value is -2.13. The number of pyridine rings is 1. The quantitative estimate of drug-likeness (QED) is 0.778. The first kappa shape index (κ1) is 15.3. The van der Waals surface area contributed by atoms with E-state index in [0.29, 0.717) is 12.2 Å². The second-order valence-corrected chi connectivity index (χ2v) is 4.95. The summed E-state index contributed by atoms with van der Waals surface area (Å²) in [4.78, 5) is 20.2. The number of piperazine rings is 1. The Morgan fingerprint density at radius 2 is 2.14 bits per heavy atom. The summed E-state index contributed by atoms with van der Waals surface area (Å²) in [7, 11) is 0. The van der Waals surface area contributed by atoms with E-state index in [1.54, 1.807) is 19.2 Å². The van der Waals surface area contributed by atoms with E-state index in [2.05, 4.69) is 20.9 Å². The van der Waals surface area contributed by atoms with Crippen LogP contribution in [0, 0.1) is 11.3 Å². The van der Waals surface area contributed by atoms with E-state index in [-0.39, 0.29) is 12.0 Å². The topological polar surface area (TPSA) is 69.5 Å². The molecule has 1 aliphatic rings. The molecule has 0 aliphatic carbocycles. The lowest BCUT2D eigenvalue weighted by molar-refractivity contribution is 0.0526. The van der Waals surface area contributed by atoms with Crippen molar-refractivity contribution in [3.63, 3.8) is 0 Å². The average Bonchev–Trinajstić information content (AvgIpc) is 2.54. The van der Waals surface area contributed by atoms with Crippen LogP contribution in [0.5, 0.6) is 0 Å². The lowest BCUT2D eigenvalue weighted by Crippen LogP contribution is -2.49. The zero-order valence-electron chi connectivity index (χ0n) is 12.5. The maximum Gasteiger partial charge on any atom is 0.339 e. The molecule has 0 amide bonds. The third-order valence-corrected chi connectivity index (χ3v) is 3.63. The molecule has 1 fully saturated rings. The minimum absolute atomic E-state index is 0.0497. The van der Waals surface area contributed by atoms with Crippen molar-refractivity contribution in [3.05, 3.63) is 23.9 Å². The molecule has 2 rings (SSSR count). The number of hydrogen-bond acceptors (Lipinski definition) is 6. The molecule has 1 aliphatic heterocycles. The van der Waals surface area contributed by atoms with Gasteiger partial charge in [-0.05, 0) is 26.0 Å². The Morgan fingerprint density at radius 1 is 1.43 bits per heavy atom. The van der Waals surface area contributed by atoms with Crippen molar-refractivity contribution >= 4 is 11.8 Å². The zero-order valence-corrected chi connectivity index (χ0v) is 12.5. The highest BCUT2D eigenvalue weighted by Crippen LogP contribution is 2.15. The Bertz CT molecular complexity index is 515. The lowest BCUT2D eigenvalue weighted by Gasteiger charge is -2.36. The maximum atomic E-state index is 11.6. The van der Waals surface area contributed by atoms with Crippen molar-refractivity contribution < 1.29 is 9.53 Å². The number of esters is 1. The molecule has 0 bridgehead atoms. The van der Waals surface area contributed by atoms with Gasteiger partial charge in [0.2, 0.25) is 0 Å². The van der Waals surface area contributed by atoms with Crippen LogP contribution in [0.2, 0.25) is 0 Å². The van der Waals surface area contributed by atoms with Crippen molar-refractivity contribution in [2.75, 3.05) is 37.7 Å². The molecule has 1 unspecified atom stereocenters. The Labute approximate surface area is 124 Å².